The van der Waals surface area contributed by atoms with Crippen molar-refractivity contribution in [3.8, 4) is 11.4 Å². The van der Waals surface area contributed by atoms with Gasteiger partial charge in [-0.3, -0.25) is 4.79 Å². The minimum atomic E-state index is 0.277. The fourth-order valence-corrected chi connectivity index (χ4v) is 5.13. The summed E-state index contributed by atoms with van der Waals surface area (Å²) < 4.78 is 2.11. The van der Waals surface area contributed by atoms with Crippen molar-refractivity contribution in [2.45, 2.75) is 76.2 Å². The number of carbonyl (C=O) groups is 1. The Morgan fingerprint density at radius 1 is 1.07 bits per heavy atom. The number of hydrogen-bond acceptors (Lipinski definition) is 4. The van der Waals surface area contributed by atoms with Gasteiger partial charge in [0.2, 0.25) is 5.91 Å². The first-order valence-corrected chi connectivity index (χ1v) is 11.6. The van der Waals surface area contributed by atoms with Crippen molar-refractivity contribution in [2.75, 3.05) is 5.75 Å². The van der Waals surface area contributed by atoms with Crippen LogP contribution in [0.25, 0.3) is 11.4 Å². The highest BCUT2D eigenvalue weighted by molar-refractivity contribution is 7.99. The van der Waals surface area contributed by atoms with Gasteiger partial charge in [-0.15, -0.1) is 10.2 Å². The summed E-state index contributed by atoms with van der Waals surface area (Å²) in [5, 5.41) is 9.61. The quantitative estimate of drug-likeness (QED) is 0.638. The molecule has 5 nitrogen and oxygen atoms in total. The predicted octanol–water partition coefficient (Wildman–Crippen LogP) is 4.63. The van der Waals surface area contributed by atoms with E-state index in [0.717, 1.165) is 41.8 Å². The summed E-state index contributed by atoms with van der Waals surface area (Å²) in [5.74, 6) is 2.41. The lowest BCUT2D eigenvalue weighted by molar-refractivity contribution is -0.132. The fraction of sp³-hybridized carbons (Fsp3) is 0.591. The molecule has 150 valence electrons. The Morgan fingerprint density at radius 2 is 1.71 bits per heavy atom. The van der Waals surface area contributed by atoms with Crippen LogP contribution in [0.15, 0.2) is 35.5 Å². The Labute approximate surface area is 171 Å². The highest BCUT2D eigenvalue weighted by Gasteiger charge is 2.38. The van der Waals surface area contributed by atoms with Gasteiger partial charge in [0.1, 0.15) is 0 Å². The van der Waals surface area contributed by atoms with Crippen molar-refractivity contribution in [3.05, 3.63) is 30.3 Å². The van der Waals surface area contributed by atoms with Crippen LogP contribution < -0.4 is 0 Å². The molecule has 0 bridgehead atoms. The molecule has 28 heavy (non-hydrogen) atoms. The third-order valence-corrected chi connectivity index (χ3v) is 6.95. The molecule has 2 aliphatic rings. The number of amides is 1. The molecule has 0 atom stereocenters. The van der Waals surface area contributed by atoms with Gasteiger partial charge in [-0.25, -0.2) is 0 Å². The zero-order valence-corrected chi connectivity index (χ0v) is 17.7. The Kier molecular flexibility index (Phi) is 6.04. The molecule has 6 heteroatoms. The van der Waals surface area contributed by atoms with Crippen LogP contribution in [0.5, 0.6) is 0 Å². The van der Waals surface area contributed by atoms with Gasteiger partial charge in [0.25, 0.3) is 0 Å². The van der Waals surface area contributed by atoms with Crippen LogP contribution >= 0.6 is 11.8 Å². The standard InChI is InChI=1S/C22H30N4OS/c1-3-25-21(17-7-5-4-6-8-17)23-24-22(25)28-15-20(27)26(19-13-14-19)18-11-9-16(2)10-12-18/h4-8,16,18-19H,3,9-15H2,1-2H3. The summed E-state index contributed by atoms with van der Waals surface area (Å²) in [7, 11) is 0. The smallest absolute Gasteiger partial charge is 0.233 e. The molecule has 2 aliphatic carbocycles. The minimum absolute atomic E-state index is 0.277. The first kappa shape index (κ1) is 19.5. The van der Waals surface area contributed by atoms with E-state index in [1.807, 2.05) is 18.2 Å². The molecule has 2 saturated carbocycles. The summed E-state index contributed by atoms with van der Waals surface area (Å²) in [6.07, 6.45) is 7.17. The molecule has 0 unspecified atom stereocenters. The third kappa shape index (κ3) is 4.27. The molecular weight excluding hydrogens is 368 g/mol. The molecule has 2 fully saturated rings. The van der Waals surface area contributed by atoms with Crippen molar-refractivity contribution < 1.29 is 4.79 Å². The van der Waals surface area contributed by atoms with Crippen LogP contribution in [-0.4, -0.2) is 43.4 Å². The second-order valence-electron chi connectivity index (χ2n) is 8.15. The second kappa shape index (κ2) is 8.68. The second-order valence-corrected chi connectivity index (χ2v) is 9.09. The third-order valence-electron chi connectivity index (χ3n) is 6.00. The molecule has 0 N–H and O–H groups in total. The topological polar surface area (TPSA) is 51.0 Å². The lowest BCUT2D eigenvalue weighted by Gasteiger charge is -2.36. The van der Waals surface area contributed by atoms with Gasteiger partial charge in [0.05, 0.1) is 5.75 Å². The Bertz CT molecular complexity index is 794. The number of nitrogens with zero attached hydrogens (tertiary/aromatic N) is 4. The first-order valence-electron chi connectivity index (χ1n) is 10.6. The summed E-state index contributed by atoms with van der Waals surface area (Å²) in [6.45, 7) is 5.22. The summed E-state index contributed by atoms with van der Waals surface area (Å²) in [4.78, 5) is 15.3. The van der Waals surface area contributed by atoms with E-state index in [0.29, 0.717) is 17.8 Å². The number of hydrogen-bond donors (Lipinski definition) is 0. The lowest BCUT2D eigenvalue weighted by atomic mass is 9.86. The van der Waals surface area contributed by atoms with Crippen LogP contribution in [-0.2, 0) is 11.3 Å². The number of rotatable bonds is 7. The highest BCUT2D eigenvalue weighted by Crippen LogP contribution is 2.36. The number of thioether (sulfide) groups is 1. The van der Waals surface area contributed by atoms with E-state index in [2.05, 4.69) is 45.6 Å². The Hall–Kier alpha value is -1.82. The van der Waals surface area contributed by atoms with Crippen LogP contribution in [0, 0.1) is 5.92 Å². The minimum Gasteiger partial charge on any atom is -0.336 e. The van der Waals surface area contributed by atoms with E-state index in [-0.39, 0.29) is 5.91 Å². The molecule has 2 aromatic rings. The van der Waals surface area contributed by atoms with Gasteiger partial charge < -0.3 is 9.47 Å². The van der Waals surface area contributed by atoms with E-state index < -0.39 is 0 Å². The highest BCUT2D eigenvalue weighted by atomic mass is 32.2. The van der Waals surface area contributed by atoms with Crippen molar-refractivity contribution >= 4 is 17.7 Å². The van der Waals surface area contributed by atoms with E-state index >= 15 is 0 Å². The van der Waals surface area contributed by atoms with Crippen LogP contribution in [0.4, 0.5) is 0 Å². The van der Waals surface area contributed by atoms with Crippen LogP contribution in [0.3, 0.4) is 0 Å². The maximum absolute atomic E-state index is 13.1. The molecule has 1 amide bonds. The van der Waals surface area contributed by atoms with E-state index in [1.165, 1.54) is 37.4 Å². The molecule has 4 rings (SSSR count). The van der Waals surface area contributed by atoms with Gasteiger partial charge in [-0.1, -0.05) is 49.0 Å². The molecule has 1 aromatic carbocycles. The maximum Gasteiger partial charge on any atom is 0.233 e. The zero-order chi connectivity index (χ0) is 19.5. The van der Waals surface area contributed by atoms with Crippen LogP contribution in [0.1, 0.15) is 52.4 Å². The molecule has 1 aromatic heterocycles. The average Bonchev–Trinajstić information content (AvgIpc) is 3.46. The van der Waals surface area contributed by atoms with Gasteiger partial charge >= 0.3 is 0 Å². The first-order chi connectivity index (χ1) is 13.7. The molecule has 0 aliphatic heterocycles. The number of aromatic nitrogens is 3. The summed E-state index contributed by atoms with van der Waals surface area (Å²) in [6, 6.07) is 11.1. The van der Waals surface area contributed by atoms with Crippen molar-refractivity contribution in [3.63, 3.8) is 0 Å². The normalized spacial score (nSPS) is 22.2. The molecule has 0 radical (unpaired) electrons. The van der Waals surface area contributed by atoms with Crippen LogP contribution in [0.2, 0.25) is 0 Å². The molecule has 1 heterocycles. The fourth-order valence-electron chi connectivity index (χ4n) is 4.26. The zero-order valence-electron chi connectivity index (χ0n) is 16.9. The van der Waals surface area contributed by atoms with Gasteiger partial charge in [-0.2, -0.15) is 0 Å². The van der Waals surface area contributed by atoms with Crippen molar-refractivity contribution in [1.29, 1.82) is 0 Å². The van der Waals surface area contributed by atoms with Crippen molar-refractivity contribution in [1.82, 2.24) is 19.7 Å². The van der Waals surface area contributed by atoms with E-state index in [9.17, 15) is 4.79 Å². The van der Waals surface area contributed by atoms with Gasteiger partial charge in [0.15, 0.2) is 11.0 Å². The Balaban J connectivity index is 1.43. The van der Waals surface area contributed by atoms with Gasteiger partial charge in [-0.05, 0) is 51.4 Å². The molecule has 0 spiro atoms. The lowest BCUT2D eigenvalue weighted by Crippen LogP contribution is -2.44. The Morgan fingerprint density at radius 3 is 2.32 bits per heavy atom. The van der Waals surface area contributed by atoms with E-state index in [1.54, 1.807) is 0 Å². The molecular formula is C22H30N4OS. The predicted molar refractivity (Wildman–Crippen MR) is 113 cm³/mol. The largest absolute Gasteiger partial charge is 0.336 e. The number of carbonyl (C=O) groups excluding carboxylic acids is 1. The summed E-state index contributed by atoms with van der Waals surface area (Å²) >= 11 is 1.53. The summed E-state index contributed by atoms with van der Waals surface area (Å²) in [5.41, 5.74) is 1.06. The SMILES string of the molecule is CCn1c(SCC(=O)N(C2CCC(C)CC2)C2CC2)nnc1-c1ccccc1. The average molecular weight is 399 g/mol. The molecule has 0 saturated heterocycles. The number of benzene rings is 1. The van der Waals surface area contributed by atoms with Gasteiger partial charge in [0, 0.05) is 24.2 Å². The monoisotopic (exact) mass is 398 g/mol. The van der Waals surface area contributed by atoms with Crippen molar-refractivity contribution in [2.24, 2.45) is 5.92 Å². The maximum atomic E-state index is 13.1. The van der Waals surface area contributed by atoms with E-state index in [4.69, 9.17) is 0 Å².